The standard InChI is InChI=1S/C18H18FNO2/c19-16-8-4-14(5-9-16)2-1-3-18(22)20-17-10-6-15(7-11-17)12-13-21/h1-2,4-11,21H,3,12-13H2,(H,20,22)/b2-1+. The van der Waals surface area contributed by atoms with Crippen molar-refractivity contribution < 1.29 is 14.3 Å². The zero-order valence-corrected chi connectivity index (χ0v) is 12.1. The van der Waals surface area contributed by atoms with Crippen molar-refractivity contribution in [2.24, 2.45) is 0 Å². The van der Waals surface area contributed by atoms with E-state index in [2.05, 4.69) is 5.32 Å². The fourth-order valence-electron chi connectivity index (χ4n) is 1.97. The van der Waals surface area contributed by atoms with Crippen LogP contribution in [0.1, 0.15) is 17.5 Å². The molecule has 4 heteroatoms. The van der Waals surface area contributed by atoms with Crippen LogP contribution in [0.2, 0.25) is 0 Å². The van der Waals surface area contributed by atoms with E-state index in [4.69, 9.17) is 5.11 Å². The normalized spacial score (nSPS) is 10.8. The largest absolute Gasteiger partial charge is 0.396 e. The van der Waals surface area contributed by atoms with Crippen molar-refractivity contribution in [1.82, 2.24) is 0 Å². The van der Waals surface area contributed by atoms with E-state index < -0.39 is 0 Å². The molecule has 0 aliphatic rings. The van der Waals surface area contributed by atoms with Gasteiger partial charge in [-0.05, 0) is 41.8 Å². The lowest BCUT2D eigenvalue weighted by Gasteiger charge is -2.04. The number of aliphatic hydroxyl groups excluding tert-OH is 1. The van der Waals surface area contributed by atoms with Gasteiger partial charge in [0.05, 0.1) is 0 Å². The van der Waals surface area contributed by atoms with Crippen LogP contribution in [0, 0.1) is 5.82 Å². The molecular formula is C18H18FNO2. The molecule has 114 valence electrons. The van der Waals surface area contributed by atoms with E-state index in [0.717, 1.165) is 16.8 Å². The fourth-order valence-corrected chi connectivity index (χ4v) is 1.97. The van der Waals surface area contributed by atoms with E-state index in [1.165, 1.54) is 12.1 Å². The summed E-state index contributed by atoms with van der Waals surface area (Å²) in [5.41, 5.74) is 2.60. The average molecular weight is 299 g/mol. The van der Waals surface area contributed by atoms with Gasteiger partial charge in [0.15, 0.2) is 0 Å². The summed E-state index contributed by atoms with van der Waals surface area (Å²) < 4.78 is 12.8. The zero-order valence-electron chi connectivity index (χ0n) is 12.1. The van der Waals surface area contributed by atoms with Gasteiger partial charge in [-0.3, -0.25) is 4.79 Å². The second-order valence-electron chi connectivity index (χ2n) is 4.88. The van der Waals surface area contributed by atoms with Crippen molar-refractivity contribution in [3.8, 4) is 0 Å². The Morgan fingerprint density at radius 3 is 2.41 bits per heavy atom. The van der Waals surface area contributed by atoms with Crippen LogP contribution in [0.5, 0.6) is 0 Å². The summed E-state index contributed by atoms with van der Waals surface area (Å²) in [5, 5.41) is 11.6. The molecule has 0 bridgehead atoms. The molecule has 0 aliphatic carbocycles. The van der Waals surface area contributed by atoms with Gasteiger partial charge in [0.25, 0.3) is 0 Å². The number of amides is 1. The van der Waals surface area contributed by atoms with E-state index in [0.29, 0.717) is 6.42 Å². The highest BCUT2D eigenvalue weighted by Crippen LogP contribution is 2.11. The third-order valence-corrected chi connectivity index (χ3v) is 3.12. The van der Waals surface area contributed by atoms with Gasteiger partial charge in [-0.15, -0.1) is 0 Å². The van der Waals surface area contributed by atoms with Gasteiger partial charge in [-0.2, -0.15) is 0 Å². The lowest BCUT2D eigenvalue weighted by molar-refractivity contribution is -0.115. The Morgan fingerprint density at radius 1 is 1.09 bits per heavy atom. The molecule has 0 aliphatic heterocycles. The molecule has 0 saturated heterocycles. The molecular weight excluding hydrogens is 281 g/mol. The van der Waals surface area contributed by atoms with E-state index in [9.17, 15) is 9.18 Å². The predicted molar refractivity (Wildman–Crippen MR) is 85.9 cm³/mol. The highest BCUT2D eigenvalue weighted by atomic mass is 19.1. The van der Waals surface area contributed by atoms with Crippen LogP contribution in [0.15, 0.2) is 54.6 Å². The van der Waals surface area contributed by atoms with Gasteiger partial charge in [-0.25, -0.2) is 4.39 Å². The zero-order chi connectivity index (χ0) is 15.8. The molecule has 0 saturated carbocycles. The van der Waals surface area contributed by atoms with E-state index in [1.807, 2.05) is 24.3 Å². The molecule has 0 heterocycles. The quantitative estimate of drug-likeness (QED) is 0.859. The minimum absolute atomic E-state index is 0.111. The minimum atomic E-state index is -0.278. The van der Waals surface area contributed by atoms with Crippen LogP contribution in [-0.4, -0.2) is 17.6 Å². The summed E-state index contributed by atoms with van der Waals surface area (Å²) in [6.45, 7) is 0.111. The van der Waals surface area contributed by atoms with Crippen molar-refractivity contribution in [3.63, 3.8) is 0 Å². The summed E-state index contributed by atoms with van der Waals surface area (Å²) in [7, 11) is 0. The summed E-state index contributed by atoms with van der Waals surface area (Å²) in [6, 6.07) is 13.5. The predicted octanol–water partition coefficient (Wildman–Crippen LogP) is 3.40. The van der Waals surface area contributed by atoms with E-state index >= 15 is 0 Å². The Balaban J connectivity index is 1.83. The highest BCUT2D eigenvalue weighted by Gasteiger charge is 2.00. The van der Waals surface area contributed by atoms with Crippen molar-refractivity contribution in [2.75, 3.05) is 11.9 Å². The minimum Gasteiger partial charge on any atom is -0.396 e. The van der Waals surface area contributed by atoms with Crippen LogP contribution in [0.3, 0.4) is 0 Å². The van der Waals surface area contributed by atoms with Crippen LogP contribution in [0.25, 0.3) is 6.08 Å². The van der Waals surface area contributed by atoms with Crippen LogP contribution >= 0.6 is 0 Å². The van der Waals surface area contributed by atoms with Crippen LogP contribution in [-0.2, 0) is 11.2 Å². The first kappa shape index (κ1) is 15.9. The number of halogens is 1. The fraction of sp³-hybridized carbons (Fsp3) is 0.167. The first-order valence-electron chi connectivity index (χ1n) is 7.09. The first-order chi connectivity index (χ1) is 10.7. The lowest BCUT2D eigenvalue weighted by atomic mass is 10.1. The maximum atomic E-state index is 12.8. The second kappa shape index (κ2) is 8.10. The Kier molecular flexibility index (Phi) is 5.86. The Morgan fingerprint density at radius 2 is 1.77 bits per heavy atom. The molecule has 0 spiro atoms. The molecule has 2 rings (SSSR count). The number of carbonyl (C=O) groups excluding carboxylic acids is 1. The summed E-state index contributed by atoms with van der Waals surface area (Å²) in [4.78, 5) is 11.8. The van der Waals surface area contributed by atoms with Crippen molar-refractivity contribution in [1.29, 1.82) is 0 Å². The molecule has 2 N–H and O–H groups in total. The maximum Gasteiger partial charge on any atom is 0.228 e. The number of anilines is 1. The topological polar surface area (TPSA) is 49.3 Å². The van der Waals surface area contributed by atoms with Gasteiger partial charge >= 0.3 is 0 Å². The molecule has 0 atom stereocenters. The number of nitrogens with one attached hydrogen (secondary N) is 1. The summed E-state index contributed by atoms with van der Waals surface area (Å²) >= 11 is 0. The number of hydrogen-bond donors (Lipinski definition) is 2. The van der Waals surface area contributed by atoms with Gasteiger partial charge < -0.3 is 10.4 Å². The average Bonchev–Trinajstić information content (AvgIpc) is 2.51. The monoisotopic (exact) mass is 299 g/mol. The smallest absolute Gasteiger partial charge is 0.228 e. The van der Waals surface area contributed by atoms with Gasteiger partial charge in [0, 0.05) is 18.7 Å². The third-order valence-electron chi connectivity index (χ3n) is 3.12. The molecule has 3 nitrogen and oxygen atoms in total. The molecule has 2 aromatic rings. The Labute approximate surface area is 129 Å². The molecule has 0 unspecified atom stereocenters. The molecule has 0 fully saturated rings. The molecule has 22 heavy (non-hydrogen) atoms. The van der Waals surface area contributed by atoms with Gasteiger partial charge in [0.1, 0.15) is 5.82 Å². The number of carbonyl (C=O) groups is 1. The molecule has 2 aromatic carbocycles. The molecule has 1 amide bonds. The summed E-state index contributed by atoms with van der Waals surface area (Å²) in [6.07, 6.45) is 4.37. The maximum absolute atomic E-state index is 12.8. The van der Waals surface area contributed by atoms with Crippen molar-refractivity contribution in [2.45, 2.75) is 12.8 Å². The Hall–Kier alpha value is -2.46. The van der Waals surface area contributed by atoms with Crippen molar-refractivity contribution >= 4 is 17.7 Å². The molecule has 0 aromatic heterocycles. The number of hydrogen-bond acceptors (Lipinski definition) is 2. The highest BCUT2D eigenvalue weighted by molar-refractivity contribution is 5.92. The first-order valence-corrected chi connectivity index (χ1v) is 7.09. The van der Waals surface area contributed by atoms with Crippen LogP contribution < -0.4 is 5.32 Å². The van der Waals surface area contributed by atoms with E-state index in [-0.39, 0.29) is 24.8 Å². The van der Waals surface area contributed by atoms with Crippen LogP contribution in [0.4, 0.5) is 10.1 Å². The van der Waals surface area contributed by atoms with Gasteiger partial charge in [-0.1, -0.05) is 36.4 Å². The van der Waals surface area contributed by atoms with Crippen molar-refractivity contribution in [3.05, 3.63) is 71.6 Å². The number of aliphatic hydroxyl groups is 1. The number of benzene rings is 2. The molecule has 0 radical (unpaired) electrons. The Bertz CT molecular complexity index is 633. The third kappa shape index (κ3) is 5.14. The van der Waals surface area contributed by atoms with Gasteiger partial charge in [0.2, 0.25) is 5.91 Å². The lowest BCUT2D eigenvalue weighted by Crippen LogP contribution is -2.09. The SMILES string of the molecule is O=C(C/C=C/c1ccc(F)cc1)Nc1ccc(CCO)cc1. The summed E-state index contributed by atoms with van der Waals surface area (Å²) in [5.74, 6) is -0.396. The second-order valence-corrected chi connectivity index (χ2v) is 4.88. The van der Waals surface area contributed by atoms with E-state index in [1.54, 1.807) is 24.3 Å². The number of rotatable bonds is 6.